The molecule has 0 aliphatic heterocycles. The van der Waals surface area contributed by atoms with Crippen LogP contribution in [-0.4, -0.2) is 41.1 Å². The summed E-state index contributed by atoms with van der Waals surface area (Å²) in [4.78, 5) is 21.8. The number of carbonyl (C=O) groups excluding carboxylic acids is 1. The van der Waals surface area contributed by atoms with Crippen molar-refractivity contribution in [2.24, 2.45) is 0 Å². The molecule has 1 aromatic carbocycles. The third-order valence-corrected chi connectivity index (χ3v) is 8.26. The van der Waals surface area contributed by atoms with Crippen LogP contribution in [0.4, 0.5) is 13.6 Å². The molecule has 0 aliphatic carbocycles. The van der Waals surface area contributed by atoms with E-state index in [1.54, 1.807) is 39.1 Å². The van der Waals surface area contributed by atoms with Crippen LogP contribution in [0.5, 0.6) is 0 Å². The number of fused-ring (bicyclic) bond motifs is 1. The number of benzene rings is 1. The largest absolute Gasteiger partial charge is 0.444 e. The van der Waals surface area contributed by atoms with Gasteiger partial charge in [0.2, 0.25) is 0 Å². The number of nitrogens with zero attached hydrogens (tertiary/aromatic N) is 2. The number of alkyl carbamates (subject to hydrolysis) is 1. The highest BCUT2D eigenvalue weighted by molar-refractivity contribution is 9.10. The van der Waals surface area contributed by atoms with E-state index in [9.17, 15) is 22.0 Å². The number of pyridine rings is 2. The van der Waals surface area contributed by atoms with Gasteiger partial charge in [-0.1, -0.05) is 5.92 Å². The number of sulfone groups is 1. The lowest BCUT2D eigenvalue weighted by molar-refractivity contribution is 0.0502. The maximum atomic E-state index is 14.0. The molecule has 0 aliphatic rings. The van der Waals surface area contributed by atoms with Crippen molar-refractivity contribution in [1.29, 1.82) is 0 Å². The highest BCUT2D eigenvalue weighted by atomic mass is 79.9. The highest BCUT2D eigenvalue weighted by Gasteiger charge is 2.29. The monoisotopic (exact) mass is 607 g/mol. The van der Waals surface area contributed by atoms with Crippen molar-refractivity contribution in [3.05, 3.63) is 69.6 Å². The molecule has 7 nitrogen and oxygen atoms in total. The van der Waals surface area contributed by atoms with Crippen molar-refractivity contribution >= 4 is 42.8 Å². The zero-order valence-corrected chi connectivity index (χ0v) is 24.2. The summed E-state index contributed by atoms with van der Waals surface area (Å²) in [6.45, 7) is 8.08. The number of ether oxygens (including phenoxy) is 1. The minimum atomic E-state index is -3.51. The Morgan fingerprint density at radius 3 is 2.37 bits per heavy atom. The van der Waals surface area contributed by atoms with Crippen LogP contribution < -0.4 is 5.32 Å². The van der Waals surface area contributed by atoms with Crippen LogP contribution in [0.15, 0.2) is 41.0 Å². The lowest BCUT2D eigenvalue weighted by Gasteiger charge is -2.24. The van der Waals surface area contributed by atoms with Gasteiger partial charge in [0.05, 0.1) is 21.7 Å². The van der Waals surface area contributed by atoms with Crippen LogP contribution >= 0.6 is 15.9 Å². The maximum Gasteiger partial charge on any atom is 0.408 e. The Balaban J connectivity index is 2.21. The predicted molar refractivity (Wildman–Crippen MR) is 145 cm³/mol. The van der Waals surface area contributed by atoms with E-state index in [-0.39, 0.29) is 23.4 Å². The second-order valence-corrected chi connectivity index (χ2v) is 13.6. The Hall–Kier alpha value is -3.10. The number of hydrogen-bond donors (Lipinski definition) is 1. The molecule has 202 valence electrons. The summed E-state index contributed by atoms with van der Waals surface area (Å²) in [7, 11) is -3.51. The van der Waals surface area contributed by atoms with Crippen molar-refractivity contribution in [3.63, 3.8) is 0 Å². The van der Waals surface area contributed by atoms with Crippen molar-refractivity contribution < 1.29 is 26.7 Å². The third-order valence-electron chi connectivity index (χ3n) is 5.52. The molecule has 1 amide bonds. The van der Waals surface area contributed by atoms with Crippen LogP contribution in [0.1, 0.15) is 57.6 Å². The molecule has 0 bridgehead atoms. The first-order chi connectivity index (χ1) is 17.5. The number of carbonyl (C=O) groups is 1. The molecule has 0 unspecified atom stereocenters. The van der Waals surface area contributed by atoms with E-state index in [0.29, 0.717) is 15.4 Å². The van der Waals surface area contributed by atoms with Gasteiger partial charge in [0.15, 0.2) is 9.84 Å². The SMILES string of the molecule is CC(C)(C)OC(=O)N[C@@H](Cc1cc(F)cc(F)c1)c1nc(C#CC(C)(C)S(C)(=O)=O)c2cccnc2c1Br. The van der Waals surface area contributed by atoms with Gasteiger partial charge in [-0.25, -0.2) is 27.0 Å². The van der Waals surface area contributed by atoms with E-state index in [0.717, 1.165) is 24.5 Å². The Morgan fingerprint density at radius 1 is 1.16 bits per heavy atom. The van der Waals surface area contributed by atoms with Crippen LogP contribution in [0.3, 0.4) is 0 Å². The van der Waals surface area contributed by atoms with Gasteiger partial charge < -0.3 is 10.1 Å². The standard InChI is InChI=1S/C27H28BrF2N3O4S/c1-26(2,3)37-25(34)33-21(14-16-12-17(29)15-18(30)13-16)24-22(28)23-19(8-7-11-31-23)20(32-24)9-10-27(4,5)38(6,35)36/h7-8,11-13,15,21H,14H2,1-6H3,(H,33,34)/t21-/m0/s1. The van der Waals surface area contributed by atoms with Gasteiger partial charge in [-0.2, -0.15) is 0 Å². The van der Waals surface area contributed by atoms with Crippen molar-refractivity contribution in [2.75, 3.05) is 6.26 Å². The molecule has 3 aromatic rings. The second kappa shape index (κ2) is 10.9. The van der Waals surface area contributed by atoms with E-state index in [4.69, 9.17) is 4.74 Å². The Morgan fingerprint density at radius 2 is 1.79 bits per heavy atom. The molecular formula is C27H28BrF2N3O4S. The molecule has 0 saturated heterocycles. The lowest BCUT2D eigenvalue weighted by atomic mass is 10.0. The normalized spacial score (nSPS) is 13.0. The molecule has 1 N–H and O–H groups in total. The number of aromatic nitrogens is 2. The molecule has 0 saturated carbocycles. The second-order valence-electron chi connectivity index (χ2n) is 10.3. The summed E-state index contributed by atoms with van der Waals surface area (Å²) in [5, 5.41) is 3.29. The van der Waals surface area contributed by atoms with Crippen molar-refractivity contribution in [1.82, 2.24) is 15.3 Å². The minimum Gasteiger partial charge on any atom is -0.444 e. The summed E-state index contributed by atoms with van der Waals surface area (Å²) in [5.74, 6) is 4.11. The number of nitrogens with one attached hydrogen (secondary N) is 1. The van der Waals surface area contributed by atoms with E-state index < -0.39 is 44.0 Å². The Bertz CT molecular complexity index is 1540. The van der Waals surface area contributed by atoms with E-state index in [1.165, 1.54) is 13.8 Å². The summed E-state index contributed by atoms with van der Waals surface area (Å²) >= 11 is 3.52. The molecule has 0 radical (unpaired) electrons. The number of amides is 1. The van der Waals surface area contributed by atoms with Gasteiger partial charge >= 0.3 is 6.09 Å². The fourth-order valence-electron chi connectivity index (χ4n) is 3.38. The highest BCUT2D eigenvalue weighted by Crippen LogP contribution is 2.32. The molecule has 2 heterocycles. The number of rotatable bonds is 5. The van der Waals surface area contributed by atoms with Crippen LogP contribution in [0, 0.1) is 23.5 Å². The van der Waals surface area contributed by atoms with Gasteiger partial charge in [0.1, 0.15) is 27.7 Å². The average Bonchev–Trinajstić information content (AvgIpc) is 2.75. The van der Waals surface area contributed by atoms with Gasteiger partial charge in [-0.3, -0.25) is 4.98 Å². The first-order valence-electron chi connectivity index (χ1n) is 11.6. The molecule has 0 fully saturated rings. The molecular weight excluding hydrogens is 580 g/mol. The van der Waals surface area contributed by atoms with Crippen LogP contribution in [-0.2, 0) is 21.0 Å². The summed E-state index contributed by atoms with van der Waals surface area (Å²) in [6, 6.07) is 5.58. The quantitative estimate of drug-likeness (QED) is 0.376. The zero-order chi connectivity index (χ0) is 28.5. The van der Waals surface area contributed by atoms with E-state index in [1.807, 2.05) is 0 Å². The van der Waals surface area contributed by atoms with Crippen LogP contribution in [0.2, 0.25) is 0 Å². The fraction of sp³-hybridized carbons (Fsp3) is 0.370. The van der Waals surface area contributed by atoms with Gasteiger partial charge in [-0.05, 0) is 92.7 Å². The maximum absolute atomic E-state index is 14.0. The van der Waals surface area contributed by atoms with Crippen molar-refractivity contribution in [2.45, 2.75) is 57.4 Å². The molecule has 11 heteroatoms. The summed E-state index contributed by atoms with van der Waals surface area (Å²) < 4.78 is 56.8. The lowest BCUT2D eigenvalue weighted by Crippen LogP contribution is -2.36. The van der Waals surface area contributed by atoms with E-state index in [2.05, 4.69) is 43.1 Å². The topological polar surface area (TPSA) is 98.2 Å². The number of halogens is 3. The minimum absolute atomic E-state index is 0.0421. The molecule has 38 heavy (non-hydrogen) atoms. The first-order valence-corrected chi connectivity index (χ1v) is 14.3. The zero-order valence-electron chi connectivity index (χ0n) is 21.8. The summed E-state index contributed by atoms with van der Waals surface area (Å²) in [6.07, 6.45) is 1.85. The smallest absolute Gasteiger partial charge is 0.408 e. The van der Waals surface area contributed by atoms with Gasteiger partial charge in [0.25, 0.3) is 0 Å². The van der Waals surface area contributed by atoms with Gasteiger partial charge in [0, 0.05) is 23.9 Å². The molecule has 1 atom stereocenters. The summed E-state index contributed by atoms with van der Waals surface area (Å²) in [5.41, 5.74) is 0.422. The predicted octanol–water partition coefficient (Wildman–Crippen LogP) is 5.65. The molecule has 3 rings (SSSR count). The average molecular weight is 609 g/mol. The first kappa shape index (κ1) is 29.5. The van der Waals surface area contributed by atoms with Gasteiger partial charge in [-0.15, -0.1) is 0 Å². The Kier molecular flexibility index (Phi) is 8.48. The Labute approximate surface area is 229 Å². The third kappa shape index (κ3) is 7.26. The molecule has 0 spiro atoms. The van der Waals surface area contributed by atoms with E-state index >= 15 is 0 Å². The van der Waals surface area contributed by atoms with Crippen LogP contribution in [0.25, 0.3) is 10.9 Å². The molecule has 2 aromatic heterocycles. The number of hydrogen-bond acceptors (Lipinski definition) is 6. The fourth-order valence-corrected chi connectivity index (χ4v) is 4.30. The van der Waals surface area contributed by atoms with Crippen molar-refractivity contribution in [3.8, 4) is 11.8 Å².